The molecule has 1 N–H and O–H groups in total. The summed E-state index contributed by atoms with van der Waals surface area (Å²) in [6.07, 6.45) is 1.01. The topological polar surface area (TPSA) is 101 Å². The lowest BCUT2D eigenvalue weighted by atomic mass is 9.82. The first-order valence-corrected chi connectivity index (χ1v) is 8.39. The van der Waals surface area contributed by atoms with Gasteiger partial charge in [-0.25, -0.2) is 8.42 Å². The first-order valence-electron chi connectivity index (χ1n) is 6.50. The minimum atomic E-state index is -3.50. The molecule has 1 aromatic carbocycles. The summed E-state index contributed by atoms with van der Waals surface area (Å²) in [7, 11) is -3.50. The van der Waals surface area contributed by atoms with Crippen molar-refractivity contribution >= 4 is 21.2 Å². The molecule has 1 heterocycles. The van der Waals surface area contributed by atoms with Gasteiger partial charge in [-0.3, -0.25) is 10.1 Å². The van der Waals surface area contributed by atoms with E-state index in [0.717, 1.165) is 12.3 Å². The van der Waals surface area contributed by atoms with Gasteiger partial charge in [0.2, 0.25) is 0 Å². The SMILES string of the molecule is CC(C)C1(O)CN(c2ccc(S(C)(=O)=O)cc2[N+](=O)[O-])C1. The van der Waals surface area contributed by atoms with Gasteiger partial charge in [0.15, 0.2) is 9.84 Å². The number of sulfone groups is 1. The molecule has 116 valence electrons. The Kier molecular flexibility index (Phi) is 3.71. The third kappa shape index (κ3) is 2.86. The summed E-state index contributed by atoms with van der Waals surface area (Å²) in [6, 6.07) is 3.84. The molecule has 0 radical (unpaired) electrons. The van der Waals surface area contributed by atoms with E-state index in [9.17, 15) is 23.6 Å². The van der Waals surface area contributed by atoms with E-state index in [2.05, 4.69) is 0 Å². The zero-order chi connectivity index (χ0) is 16.0. The lowest BCUT2D eigenvalue weighted by molar-refractivity contribution is -0.384. The highest BCUT2D eigenvalue weighted by Gasteiger charge is 2.45. The molecule has 1 fully saturated rings. The molecule has 7 nitrogen and oxygen atoms in total. The monoisotopic (exact) mass is 314 g/mol. The molecule has 0 spiro atoms. The number of aliphatic hydroxyl groups is 1. The van der Waals surface area contributed by atoms with Gasteiger partial charge in [-0.1, -0.05) is 13.8 Å². The molecule has 0 aromatic heterocycles. The molecule has 8 heteroatoms. The highest BCUT2D eigenvalue weighted by atomic mass is 32.2. The van der Waals surface area contributed by atoms with Gasteiger partial charge >= 0.3 is 0 Å². The maximum Gasteiger partial charge on any atom is 0.293 e. The molecule has 2 rings (SSSR count). The zero-order valence-corrected chi connectivity index (χ0v) is 12.9. The molecule has 1 saturated heterocycles. The summed E-state index contributed by atoms with van der Waals surface area (Å²) in [6.45, 7) is 4.37. The summed E-state index contributed by atoms with van der Waals surface area (Å²) < 4.78 is 23.0. The van der Waals surface area contributed by atoms with Crippen LogP contribution in [-0.2, 0) is 9.84 Å². The number of hydrogen-bond acceptors (Lipinski definition) is 6. The van der Waals surface area contributed by atoms with Crippen LogP contribution in [0.1, 0.15) is 13.8 Å². The highest BCUT2D eigenvalue weighted by Crippen LogP contribution is 2.38. The number of hydrogen-bond donors (Lipinski definition) is 1. The lowest BCUT2D eigenvalue weighted by Crippen LogP contribution is -2.64. The minimum Gasteiger partial charge on any atom is -0.386 e. The van der Waals surface area contributed by atoms with Crippen LogP contribution < -0.4 is 4.90 Å². The van der Waals surface area contributed by atoms with E-state index in [1.54, 1.807) is 4.90 Å². The molecule has 0 aliphatic carbocycles. The second-order valence-corrected chi connectivity index (χ2v) is 7.81. The number of nitrogens with zero attached hydrogens (tertiary/aromatic N) is 2. The van der Waals surface area contributed by atoms with Crippen LogP contribution in [-0.4, -0.2) is 43.4 Å². The molecule has 21 heavy (non-hydrogen) atoms. The maximum absolute atomic E-state index is 11.5. The predicted molar refractivity (Wildman–Crippen MR) is 78.2 cm³/mol. The van der Waals surface area contributed by atoms with E-state index in [-0.39, 0.29) is 16.5 Å². The Morgan fingerprint density at radius 2 is 1.95 bits per heavy atom. The van der Waals surface area contributed by atoms with E-state index in [0.29, 0.717) is 18.8 Å². The van der Waals surface area contributed by atoms with E-state index in [1.807, 2.05) is 13.8 Å². The number of rotatable bonds is 4. The fourth-order valence-corrected chi connectivity index (χ4v) is 2.94. The molecule has 0 unspecified atom stereocenters. The molecule has 1 aliphatic rings. The Bertz CT molecular complexity index is 678. The number of benzene rings is 1. The molecule has 1 aliphatic heterocycles. The van der Waals surface area contributed by atoms with Gasteiger partial charge in [-0.2, -0.15) is 0 Å². The second kappa shape index (κ2) is 4.96. The van der Waals surface area contributed by atoms with Gasteiger partial charge in [0, 0.05) is 25.4 Å². The van der Waals surface area contributed by atoms with E-state index in [4.69, 9.17) is 0 Å². The van der Waals surface area contributed by atoms with Crippen molar-refractivity contribution in [2.75, 3.05) is 24.2 Å². The Morgan fingerprint density at radius 1 is 1.38 bits per heavy atom. The third-order valence-electron chi connectivity index (χ3n) is 3.92. The lowest BCUT2D eigenvalue weighted by Gasteiger charge is -2.50. The van der Waals surface area contributed by atoms with E-state index in [1.165, 1.54) is 12.1 Å². The molecular weight excluding hydrogens is 296 g/mol. The van der Waals surface area contributed by atoms with Gasteiger partial charge < -0.3 is 10.0 Å². The van der Waals surface area contributed by atoms with Crippen molar-refractivity contribution in [2.24, 2.45) is 5.92 Å². The normalized spacial score (nSPS) is 17.7. The summed E-state index contributed by atoms with van der Waals surface area (Å²) >= 11 is 0. The first kappa shape index (κ1) is 15.7. The van der Waals surface area contributed by atoms with E-state index < -0.39 is 20.4 Å². The largest absolute Gasteiger partial charge is 0.386 e. The third-order valence-corrected chi connectivity index (χ3v) is 5.03. The smallest absolute Gasteiger partial charge is 0.293 e. The average molecular weight is 314 g/mol. The number of anilines is 1. The Hall–Kier alpha value is -1.67. The fraction of sp³-hybridized carbons (Fsp3) is 0.538. The highest BCUT2D eigenvalue weighted by molar-refractivity contribution is 7.90. The van der Waals surface area contributed by atoms with Crippen molar-refractivity contribution in [3.63, 3.8) is 0 Å². The van der Waals surface area contributed by atoms with Gasteiger partial charge in [-0.05, 0) is 18.1 Å². The summed E-state index contributed by atoms with van der Waals surface area (Å²) in [5, 5.41) is 21.4. The van der Waals surface area contributed by atoms with Crippen LogP contribution in [0.2, 0.25) is 0 Å². The van der Waals surface area contributed by atoms with Crippen molar-refractivity contribution in [1.29, 1.82) is 0 Å². The summed E-state index contributed by atoms with van der Waals surface area (Å²) in [5.74, 6) is 0.0445. The quantitative estimate of drug-likeness (QED) is 0.662. The Balaban J connectivity index is 2.36. The molecule has 0 bridgehead atoms. The van der Waals surface area contributed by atoms with Gasteiger partial charge in [0.05, 0.1) is 9.82 Å². The van der Waals surface area contributed by atoms with Gasteiger partial charge in [0.25, 0.3) is 5.69 Å². The standard InChI is InChI=1S/C13H18N2O5S/c1-9(2)13(16)7-14(8-13)11-5-4-10(21(3,19)20)6-12(11)15(17)18/h4-6,9,16H,7-8H2,1-3H3. The Labute approximate surface area is 123 Å². The Morgan fingerprint density at radius 3 is 2.38 bits per heavy atom. The zero-order valence-electron chi connectivity index (χ0n) is 12.1. The van der Waals surface area contributed by atoms with Gasteiger partial charge in [0.1, 0.15) is 11.3 Å². The van der Waals surface area contributed by atoms with Crippen LogP contribution in [0.15, 0.2) is 23.1 Å². The number of nitro groups is 1. The van der Waals surface area contributed by atoms with Crippen molar-refractivity contribution in [2.45, 2.75) is 24.3 Å². The summed E-state index contributed by atoms with van der Waals surface area (Å²) in [5.41, 5.74) is -0.787. The minimum absolute atomic E-state index is 0.0445. The second-order valence-electron chi connectivity index (χ2n) is 5.79. The fourth-order valence-electron chi connectivity index (χ4n) is 2.30. The maximum atomic E-state index is 11.5. The van der Waals surface area contributed by atoms with Crippen LogP contribution in [0, 0.1) is 16.0 Å². The molecule has 0 atom stereocenters. The number of β-amino-alcohol motifs (C(OH)–C–C–N with tert-alkyl or cyclic N) is 1. The predicted octanol–water partition coefficient (Wildman–Crippen LogP) is 1.21. The summed E-state index contributed by atoms with van der Waals surface area (Å²) in [4.78, 5) is 12.2. The molecule has 1 aromatic rings. The van der Waals surface area contributed by atoms with Crippen LogP contribution in [0.4, 0.5) is 11.4 Å². The van der Waals surface area contributed by atoms with Crippen LogP contribution in [0.5, 0.6) is 0 Å². The van der Waals surface area contributed by atoms with Crippen molar-refractivity contribution in [1.82, 2.24) is 0 Å². The van der Waals surface area contributed by atoms with Crippen LogP contribution in [0.25, 0.3) is 0 Å². The number of nitro benzene ring substituents is 1. The van der Waals surface area contributed by atoms with Crippen molar-refractivity contribution < 1.29 is 18.4 Å². The average Bonchev–Trinajstić information content (AvgIpc) is 2.32. The van der Waals surface area contributed by atoms with Crippen LogP contribution >= 0.6 is 0 Å². The van der Waals surface area contributed by atoms with Crippen LogP contribution in [0.3, 0.4) is 0 Å². The molecule has 0 amide bonds. The van der Waals surface area contributed by atoms with Gasteiger partial charge in [-0.15, -0.1) is 0 Å². The van der Waals surface area contributed by atoms with Crippen molar-refractivity contribution in [3.8, 4) is 0 Å². The van der Waals surface area contributed by atoms with E-state index >= 15 is 0 Å². The molecular formula is C13H18N2O5S. The first-order chi connectivity index (χ1) is 9.54. The van der Waals surface area contributed by atoms with Crippen molar-refractivity contribution in [3.05, 3.63) is 28.3 Å². The molecule has 0 saturated carbocycles.